The van der Waals surface area contributed by atoms with Crippen LogP contribution in [0.2, 0.25) is 0 Å². The fourth-order valence-corrected chi connectivity index (χ4v) is 2.25. The Hall–Kier alpha value is -2.37. The van der Waals surface area contributed by atoms with Crippen LogP contribution >= 0.6 is 0 Å². The van der Waals surface area contributed by atoms with Crippen molar-refractivity contribution >= 4 is 11.7 Å². The molecule has 1 aromatic carbocycles. The molecular weight excluding hydrogens is 304 g/mol. The van der Waals surface area contributed by atoms with Gasteiger partial charge >= 0.3 is 5.97 Å². The maximum absolute atomic E-state index is 14.4. The van der Waals surface area contributed by atoms with Crippen LogP contribution in [0, 0.1) is 0 Å². The summed E-state index contributed by atoms with van der Waals surface area (Å²) in [6, 6.07) is 6.53. The zero-order chi connectivity index (χ0) is 16.9. The van der Waals surface area contributed by atoms with Crippen molar-refractivity contribution in [1.29, 1.82) is 0 Å². The van der Waals surface area contributed by atoms with Crippen molar-refractivity contribution in [2.45, 2.75) is 25.7 Å². The number of rotatable bonds is 5. The summed E-state index contributed by atoms with van der Waals surface area (Å²) in [6.45, 7) is 1.77. The van der Waals surface area contributed by atoms with Crippen LogP contribution in [-0.4, -0.2) is 25.6 Å². The fourth-order valence-electron chi connectivity index (χ4n) is 2.25. The summed E-state index contributed by atoms with van der Waals surface area (Å²) >= 11 is 0. The third-order valence-electron chi connectivity index (χ3n) is 3.41. The second kappa shape index (κ2) is 7.26. The van der Waals surface area contributed by atoms with Crippen molar-refractivity contribution in [2.75, 3.05) is 19.0 Å². The number of benzene rings is 1. The van der Waals surface area contributed by atoms with Crippen molar-refractivity contribution < 1.29 is 23.0 Å². The van der Waals surface area contributed by atoms with Gasteiger partial charge in [0.15, 0.2) is 0 Å². The highest BCUT2D eigenvalue weighted by Gasteiger charge is 2.38. The highest BCUT2D eigenvalue weighted by atomic mass is 19.3. The van der Waals surface area contributed by atoms with Crippen LogP contribution in [-0.2, 0) is 9.53 Å². The van der Waals surface area contributed by atoms with E-state index in [4.69, 9.17) is 9.47 Å². The number of esters is 1. The Morgan fingerprint density at radius 2 is 1.96 bits per heavy atom. The molecule has 4 nitrogen and oxygen atoms in total. The Balaban J connectivity index is 2.38. The van der Waals surface area contributed by atoms with Gasteiger partial charge in [0.05, 0.1) is 25.0 Å². The van der Waals surface area contributed by atoms with Gasteiger partial charge in [0, 0.05) is 12.1 Å². The summed E-state index contributed by atoms with van der Waals surface area (Å²) in [5, 5.41) is 2.69. The molecule has 1 aliphatic carbocycles. The van der Waals surface area contributed by atoms with E-state index in [2.05, 4.69) is 5.32 Å². The highest BCUT2D eigenvalue weighted by molar-refractivity contribution is 5.91. The van der Waals surface area contributed by atoms with Gasteiger partial charge in [-0.15, -0.1) is 0 Å². The van der Waals surface area contributed by atoms with Crippen LogP contribution in [0.5, 0.6) is 5.75 Å². The number of nitrogens with one attached hydrogen (secondary N) is 1. The van der Waals surface area contributed by atoms with Crippen LogP contribution in [0.15, 0.2) is 47.7 Å². The second-order valence-corrected chi connectivity index (χ2v) is 5.01. The Bertz CT molecular complexity index is 621. The van der Waals surface area contributed by atoms with Gasteiger partial charge in [0.1, 0.15) is 5.75 Å². The summed E-state index contributed by atoms with van der Waals surface area (Å²) in [7, 11) is 1.52. The summed E-state index contributed by atoms with van der Waals surface area (Å²) in [6.07, 6.45) is 2.58. The summed E-state index contributed by atoms with van der Waals surface area (Å²) in [5.74, 6) is -3.28. The minimum atomic E-state index is -3.17. The quantitative estimate of drug-likeness (QED) is 0.659. The molecule has 0 saturated carbocycles. The van der Waals surface area contributed by atoms with Gasteiger partial charge in [0.2, 0.25) is 0 Å². The average molecular weight is 323 g/mol. The molecule has 6 heteroatoms. The van der Waals surface area contributed by atoms with Crippen molar-refractivity contribution in [3.8, 4) is 5.75 Å². The Morgan fingerprint density at radius 1 is 1.26 bits per heavy atom. The third kappa shape index (κ3) is 4.09. The number of alkyl halides is 2. The Labute approximate surface area is 133 Å². The van der Waals surface area contributed by atoms with Crippen LogP contribution in [0.1, 0.15) is 19.8 Å². The largest absolute Gasteiger partial charge is 0.497 e. The molecule has 0 amide bonds. The molecule has 0 spiro atoms. The normalized spacial score (nSPS) is 16.7. The van der Waals surface area contributed by atoms with Gasteiger partial charge in [-0.3, -0.25) is 0 Å². The standard InChI is InChI=1S/C17H19F2NO3/c1-3-23-16(21)14-6-4-5-11-17(18,19)15(14)20-12-7-9-13(22-2)10-8-12/h4-5,7-10,20H,3,6,11H2,1-2H3. The number of allylic oxidation sites excluding steroid dienone is 3. The fraction of sp³-hybridized carbons (Fsp3) is 0.353. The van der Waals surface area contributed by atoms with Gasteiger partial charge in [-0.25, -0.2) is 4.79 Å². The smallest absolute Gasteiger partial charge is 0.336 e. The second-order valence-electron chi connectivity index (χ2n) is 5.01. The van der Waals surface area contributed by atoms with Crippen LogP contribution < -0.4 is 10.1 Å². The van der Waals surface area contributed by atoms with Gasteiger partial charge < -0.3 is 14.8 Å². The summed E-state index contributed by atoms with van der Waals surface area (Å²) in [5.41, 5.74) is -0.0169. The number of hydrogen-bond donors (Lipinski definition) is 1. The average Bonchev–Trinajstić information content (AvgIpc) is 2.67. The van der Waals surface area contributed by atoms with E-state index >= 15 is 0 Å². The van der Waals surface area contributed by atoms with Crippen molar-refractivity contribution in [3.05, 3.63) is 47.7 Å². The van der Waals surface area contributed by atoms with E-state index in [0.717, 1.165) is 0 Å². The van der Waals surface area contributed by atoms with Crippen LogP contribution in [0.3, 0.4) is 0 Å². The van der Waals surface area contributed by atoms with Gasteiger partial charge in [-0.2, -0.15) is 8.78 Å². The molecule has 1 aliphatic rings. The van der Waals surface area contributed by atoms with Gasteiger partial charge in [-0.05, 0) is 37.6 Å². The molecule has 0 radical (unpaired) electrons. The minimum absolute atomic E-state index is 0.0542. The molecule has 0 atom stereocenters. The number of carbonyl (C=O) groups excluding carboxylic acids is 1. The zero-order valence-corrected chi connectivity index (χ0v) is 13.1. The van der Waals surface area contributed by atoms with E-state index < -0.39 is 24.0 Å². The molecule has 23 heavy (non-hydrogen) atoms. The number of carbonyl (C=O) groups is 1. The van der Waals surface area contributed by atoms with E-state index in [1.54, 1.807) is 37.3 Å². The molecule has 1 N–H and O–H groups in total. The maximum Gasteiger partial charge on any atom is 0.336 e. The molecule has 2 rings (SSSR count). The molecule has 0 bridgehead atoms. The van der Waals surface area contributed by atoms with E-state index in [1.807, 2.05) is 0 Å². The first-order valence-corrected chi connectivity index (χ1v) is 7.32. The van der Waals surface area contributed by atoms with Crippen molar-refractivity contribution in [1.82, 2.24) is 0 Å². The van der Waals surface area contributed by atoms with E-state index in [0.29, 0.717) is 11.4 Å². The van der Waals surface area contributed by atoms with Gasteiger partial charge in [0.25, 0.3) is 5.92 Å². The Kier molecular flexibility index (Phi) is 5.36. The lowest BCUT2D eigenvalue weighted by Gasteiger charge is -2.22. The molecule has 1 aromatic rings. The summed E-state index contributed by atoms with van der Waals surface area (Å²) < 4.78 is 38.8. The molecule has 0 aliphatic heterocycles. The molecule has 0 heterocycles. The SMILES string of the molecule is CCOC(=O)C1=C(Nc2ccc(OC)cc2)C(F)(F)CC=CC1. The molecule has 0 fully saturated rings. The number of anilines is 1. The van der Waals surface area contributed by atoms with Crippen molar-refractivity contribution in [2.24, 2.45) is 0 Å². The third-order valence-corrected chi connectivity index (χ3v) is 3.41. The van der Waals surface area contributed by atoms with Crippen molar-refractivity contribution in [3.63, 3.8) is 0 Å². The molecule has 0 aromatic heterocycles. The van der Waals surface area contributed by atoms with E-state index in [-0.39, 0.29) is 18.6 Å². The number of halogens is 2. The lowest BCUT2D eigenvalue weighted by Crippen LogP contribution is -2.27. The molecule has 0 unspecified atom stereocenters. The topological polar surface area (TPSA) is 47.6 Å². The lowest BCUT2D eigenvalue weighted by atomic mass is 10.1. The minimum Gasteiger partial charge on any atom is -0.497 e. The summed E-state index contributed by atoms with van der Waals surface area (Å²) in [4.78, 5) is 12.0. The molecule has 124 valence electrons. The first kappa shape index (κ1) is 17.0. The predicted octanol–water partition coefficient (Wildman–Crippen LogP) is 3.91. The first-order chi connectivity index (χ1) is 11.0. The Morgan fingerprint density at radius 3 is 2.57 bits per heavy atom. The predicted molar refractivity (Wildman–Crippen MR) is 83.6 cm³/mol. The maximum atomic E-state index is 14.4. The number of ether oxygens (including phenoxy) is 2. The lowest BCUT2D eigenvalue weighted by molar-refractivity contribution is -0.138. The highest BCUT2D eigenvalue weighted by Crippen LogP contribution is 2.35. The monoisotopic (exact) mass is 323 g/mol. The van der Waals surface area contributed by atoms with E-state index in [9.17, 15) is 13.6 Å². The van der Waals surface area contributed by atoms with Crippen LogP contribution in [0.25, 0.3) is 0 Å². The first-order valence-electron chi connectivity index (χ1n) is 7.32. The van der Waals surface area contributed by atoms with E-state index in [1.165, 1.54) is 13.2 Å². The van der Waals surface area contributed by atoms with Gasteiger partial charge in [-0.1, -0.05) is 12.2 Å². The molecule has 0 saturated heterocycles. The number of methoxy groups -OCH3 is 1. The zero-order valence-electron chi connectivity index (χ0n) is 13.1. The number of hydrogen-bond acceptors (Lipinski definition) is 4. The molecular formula is C17H19F2NO3. The van der Waals surface area contributed by atoms with Crippen LogP contribution in [0.4, 0.5) is 14.5 Å².